The van der Waals surface area contributed by atoms with E-state index < -0.39 is 0 Å². The summed E-state index contributed by atoms with van der Waals surface area (Å²) in [5, 5.41) is 3.12. The van der Waals surface area contributed by atoms with Crippen LogP contribution in [0.2, 0.25) is 0 Å². The number of amides is 1. The Balaban J connectivity index is 1.88. The molecule has 86 valence electrons. The van der Waals surface area contributed by atoms with Crippen LogP contribution in [0.3, 0.4) is 0 Å². The summed E-state index contributed by atoms with van der Waals surface area (Å²) < 4.78 is 0. The maximum absolute atomic E-state index is 12.0. The van der Waals surface area contributed by atoms with Crippen molar-refractivity contribution in [3.8, 4) is 0 Å². The molecule has 2 saturated carbocycles. The van der Waals surface area contributed by atoms with Crippen molar-refractivity contribution in [3.05, 3.63) is 0 Å². The average Bonchev–Trinajstić information content (AvgIpc) is 2.73. The highest BCUT2D eigenvalue weighted by molar-refractivity contribution is 5.83. The molecule has 15 heavy (non-hydrogen) atoms. The summed E-state index contributed by atoms with van der Waals surface area (Å²) in [5.74, 6) is 1.96. The lowest BCUT2D eigenvalue weighted by Gasteiger charge is -2.28. The van der Waals surface area contributed by atoms with Crippen LogP contribution in [0.25, 0.3) is 0 Å². The van der Waals surface area contributed by atoms with Gasteiger partial charge in [0.25, 0.3) is 0 Å². The Kier molecular flexibility index (Phi) is 2.75. The molecule has 1 amide bonds. The van der Waals surface area contributed by atoms with E-state index in [0.717, 1.165) is 6.42 Å². The van der Waals surface area contributed by atoms with E-state index in [4.69, 9.17) is 5.73 Å². The third-order valence-electron chi connectivity index (χ3n) is 4.37. The molecule has 0 radical (unpaired) electrons. The first kappa shape index (κ1) is 10.9. The lowest BCUT2D eigenvalue weighted by Crippen LogP contribution is -2.51. The molecule has 3 atom stereocenters. The number of rotatable bonds is 4. The van der Waals surface area contributed by atoms with E-state index in [0.29, 0.717) is 24.3 Å². The first-order chi connectivity index (χ1) is 7.11. The van der Waals surface area contributed by atoms with E-state index >= 15 is 0 Å². The molecule has 0 aliphatic heterocycles. The van der Waals surface area contributed by atoms with Gasteiger partial charge >= 0.3 is 0 Å². The number of carbonyl (C=O) groups is 1. The van der Waals surface area contributed by atoms with Gasteiger partial charge in [-0.05, 0) is 38.0 Å². The van der Waals surface area contributed by atoms with Crippen molar-refractivity contribution in [1.82, 2.24) is 5.32 Å². The number of carbonyl (C=O) groups excluding carboxylic acids is 1. The minimum Gasteiger partial charge on any atom is -0.349 e. The summed E-state index contributed by atoms with van der Waals surface area (Å²) >= 11 is 0. The Hall–Kier alpha value is -0.570. The predicted octanol–water partition coefficient (Wildman–Crippen LogP) is 1.28. The number of fused-ring (bicyclic) bond motifs is 1. The standard InChI is InChI=1S/C12H22N2O/c1-3-12(2,7-13)14-11(15)10-8-5-4-6-9(8)10/h8-10H,3-7,13H2,1-2H3,(H,14,15). The summed E-state index contributed by atoms with van der Waals surface area (Å²) in [4.78, 5) is 12.0. The SMILES string of the molecule is CCC(C)(CN)NC(=O)C1C2CCCC21. The van der Waals surface area contributed by atoms with E-state index in [2.05, 4.69) is 12.2 Å². The van der Waals surface area contributed by atoms with Crippen LogP contribution in [0.5, 0.6) is 0 Å². The van der Waals surface area contributed by atoms with Crippen LogP contribution >= 0.6 is 0 Å². The molecule has 0 aromatic rings. The zero-order chi connectivity index (χ0) is 11.1. The van der Waals surface area contributed by atoms with E-state index in [1.807, 2.05) is 6.92 Å². The van der Waals surface area contributed by atoms with Crippen molar-refractivity contribution >= 4 is 5.91 Å². The Labute approximate surface area is 91.8 Å². The Morgan fingerprint density at radius 2 is 2.07 bits per heavy atom. The Bertz CT molecular complexity index is 250. The fraction of sp³-hybridized carbons (Fsp3) is 0.917. The lowest BCUT2D eigenvalue weighted by atomic mass is 9.98. The molecule has 3 heteroatoms. The van der Waals surface area contributed by atoms with Crippen LogP contribution in [0.15, 0.2) is 0 Å². The van der Waals surface area contributed by atoms with Crippen molar-refractivity contribution < 1.29 is 4.79 Å². The van der Waals surface area contributed by atoms with Crippen LogP contribution in [0.4, 0.5) is 0 Å². The van der Waals surface area contributed by atoms with E-state index in [-0.39, 0.29) is 11.4 Å². The molecule has 0 spiro atoms. The number of nitrogens with one attached hydrogen (secondary N) is 1. The van der Waals surface area contributed by atoms with Crippen molar-refractivity contribution in [3.63, 3.8) is 0 Å². The van der Waals surface area contributed by atoms with Gasteiger partial charge in [-0.15, -0.1) is 0 Å². The lowest BCUT2D eigenvalue weighted by molar-refractivity contribution is -0.124. The van der Waals surface area contributed by atoms with E-state index in [1.54, 1.807) is 0 Å². The fourth-order valence-corrected chi connectivity index (χ4v) is 2.87. The molecule has 0 aromatic carbocycles. The zero-order valence-electron chi connectivity index (χ0n) is 9.75. The summed E-state index contributed by atoms with van der Waals surface area (Å²) in [6, 6.07) is 0. The summed E-state index contributed by atoms with van der Waals surface area (Å²) in [7, 11) is 0. The molecular formula is C12H22N2O. The van der Waals surface area contributed by atoms with Crippen molar-refractivity contribution in [2.24, 2.45) is 23.5 Å². The van der Waals surface area contributed by atoms with Gasteiger partial charge in [0, 0.05) is 18.0 Å². The molecular weight excluding hydrogens is 188 g/mol. The van der Waals surface area contributed by atoms with Crippen LogP contribution in [0.1, 0.15) is 39.5 Å². The van der Waals surface area contributed by atoms with Crippen molar-refractivity contribution in [2.75, 3.05) is 6.54 Å². The van der Waals surface area contributed by atoms with Crippen LogP contribution in [-0.2, 0) is 4.79 Å². The molecule has 3 unspecified atom stereocenters. The first-order valence-electron chi connectivity index (χ1n) is 6.13. The second kappa shape index (κ2) is 3.78. The van der Waals surface area contributed by atoms with Gasteiger partial charge in [0.05, 0.1) is 0 Å². The van der Waals surface area contributed by atoms with Gasteiger partial charge in [-0.25, -0.2) is 0 Å². The van der Waals surface area contributed by atoms with Crippen LogP contribution in [-0.4, -0.2) is 18.0 Å². The Morgan fingerprint density at radius 3 is 2.53 bits per heavy atom. The van der Waals surface area contributed by atoms with Crippen molar-refractivity contribution in [2.45, 2.75) is 45.1 Å². The molecule has 0 saturated heterocycles. The van der Waals surface area contributed by atoms with Gasteiger partial charge < -0.3 is 11.1 Å². The van der Waals surface area contributed by atoms with Gasteiger partial charge in [0.2, 0.25) is 5.91 Å². The fourth-order valence-electron chi connectivity index (χ4n) is 2.87. The maximum atomic E-state index is 12.0. The first-order valence-corrected chi connectivity index (χ1v) is 6.13. The third kappa shape index (κ3) is 1.89. The summed E-state index contributed by atoms with van der Waals surface area (Å²) in [5.41, 5.74) is 5.49. The van der Waals surface area contributed by atoms with Crippen LogP contribution in [0, 0.1) is 17.8 Å². The van der Waals surface area contributed by atoms with Gasteiger partial charge in [-0.3, -0.25) is 4.79 Å². The number of nitrogens with two attached hydrogens (primary N) is 1. The number of hydrogen-bond acceptors (Lipinski definition) is 2. The summed E-state index contributed by atoms with van der Waals surface area (Å²) in [6.07, 6.45) is 4.74. The highest BCUT2D eigenvalue weighted by atomic mass is 16.2. The third-order valence-corrected chi connectivity index (χ3v) is 4.37. The summed E-state index contributed by atoms with van der Waals surface area (Å²) in [6.45, 7) is 4.63. The molecule has 2 rings (SSSR count). The number of hydrogen-bond donors (Lipinski definition) is 2. The van der Waals surface area contributed by atoms with Gasteiger partial charge in [0.15, 0.2) is 0 Å². The van der Waals surface area contributed by atoms with Gasteiger partial charge in [-0.1, -0.05) is 13.3 Å². The largest absolute Gasteiger partial charge is 0.349 e. The average molecular weight is 210 g/mol. The highest BCUT2D eigenvalue weighted by Crippen LogP contribution is 2.57. The van der Waals surface area contributed by atoms with E-state index in [9.17, 15) is 4.79 Å². The topological polar surface area (TPSA) is 55.1 Å². The molecule has 2 aliphatic carbocycles. The monoisotopic (exact) mass is 210 g/mol. The Morgan fingerprint density at radius 1 is 1.47 bits per heavy atom. The minimum absolute atomic E-state index is 0.200. The smallest absolute Gasteiger partial charge is 0.224 e. The van der Waals surface area contributed by atoms with E-state index in [1.165, 1.54) is 19.3 Å². The van der Waals surface area contributed by atoms with Gasteiger partial charge in [0.1, 0.15) is 0 Å². The molecule has 0 heterocycles. The normalized spacial score (nSPS) is 36.9. The molecule has 0 bridgehead atoms. The highest BCUT2D eigenvalue weighted by Gasteiger charge is 2.56. The van der Waals surface area contributed by atoms with Crippen LogP contribution < -0.4 is 11.1 Å². The molecule has 0 aromatic heterocycles. The molecule has 2 aliphatic rings. The maximum Gasteiger partial charge on any atom is 0.224 e. The molecule has 3 nitrogen and oxygen atoms in total. The minimum atomic E-state index is -0.200. The molecule has 2 fully saturated rings. The second-order valence-corrected chi connectivity index (χ2v) is 5.39. The zero-order valence-corrected chi connectivity index (χ0v) is 9.75. The second-order valence-electron chi connectivity index (χ2n) is 5.39. The van der Waals surface area contributed by atoms with Gasteiger partial charge in [-0.2, -0.15) is 0 Å². The predicted molar refractivity (Wildman–Crippen MR) is 60.2 cm³/mol. The quantitative estimate of drug-likeness (QED) is 0.734. The van der Waals surface area contributed by atoms with Crippen molar-refractivity contribution in [1.29, 1.82) is 0 Å². The molecule has 3 N–H and O–H groups in total.